The highest BCUT2D eigenvalue weighted by atomic mass is 35.5. The molecule has 1 aromatic rings. The summed E-state index contributed by atoms with van der Waals surface area (Å²) in [4.78, 5) is 21.6. The smallest absolute Gasteiger partial charge is 0.348 e. The van der Waals surface area contributed by atoms with E-state index in [0.29, 0.717) is 0 Å². The summed E-state index contributed by atoms with van der Waals surface area (Å²) in [6.07, 6.45) is 0. The molecule has 0 amide bonds. The molecule has 0 aliphatic rings. The van der Waals surface area contributed by atoms with Crippen molar-refractivity contribution in [2.45, 2.75) is 0 Å². The largest absolute Gasteiger partial charge is 0.478 e. The van der Waals surface area contributed by atoms with E-state index in [1.165, 1.54) is 13.2 Å². The highest BCUT2D eigenvalue weighted by Crippen LogP contribution is 2.27. The van der Waals surface area contributed by atoms with Crippen LogP contribution in [0.3, 0.4) is 0 Å². The van der Waals surface area contributed by atoms with Gasteiger partial charge in [-0.15, -0.1) is 11.3 Å². The van der Waals surface area contributed by atoms with Crippen LogP contribution in [0.1, 0.15) is 20.0 Å². The average Bonchev–Trinajstić information content (AvgIpc) is 2.46. The average molecular weight is 221 g/mol. The first-order valence-corrected chi connectivity index (χ1v) is 4.36. The number of carbonyl (C=O) groups excluding carboxylic acids is 1. The van der Waals surface area contributed by atoms with E-state index in [1.54, 1.807) is 0 Å². The van der Waals surface area contributed by atoms with E-state index in [1.807, 2.05) is 0 Å². The number of esters is 1. The molecule has 0 saturated heterocycles. The molecule has 0 saturated carbocycles. The number of aromatic carboxylic acids is 1. The Hall–Kier alpha value is -1.07. The van der Waals surface area contributed by atoms with Gasteiger partial charge in [0.15, 0.2) is 0 Å². The lowest BCUT2D eigenvalue weighted by Gasteiger charge is -1.95. The van der Waals surface area contributed by atoms with Crippen molar-refractivity contribution >= 4 is 34.9 Å². The van der Waals surface area contributed by atoms with Crippen molar-refractivity contribution in [3.8, 4) is 0 Å². The van der Waals surface area contributed by atoms with Crippen LogP contribution in [-0.4, -0.2) is 24.2 Å². The molecule has 0 unspecified atom stereocenters. The third kappa shape index (κ3) is 1.99. The van der Waals surface area contributed by atoms with E-state index in [0.717, 1.165) is 11.3 Å². The number of carboxylic acids is 1. The standard InChI is InChI=1S/C7H5ClO4S/c1-12-7(11)5-3(6(9)10)2-4(8)13-5/h2H,1H3,(H,9,10). The fourth-order valence-electron chi connectivity index (χ4n) is 0.764. The van der Waals surface area contributed by atoms with Crippen LogP contribution in [0, 0.1) is 0 Å². The molecule has 0 radical (unpaired) electrons. The lowest BCUT2D eigenvalue weighted by Crippen LogP contribution is -2.05. The van der Waals surface area contributed by atoms with Gasteiger partial charge < -0.3 is 9.84 Å². The van der Waals surface area contributed by atoms with Crippen LogP contribution in [0.5, 0.6) is 0 Å². The second-order valence-electron chi connectivity index (χ2n) is 2.09. The van der Waals surface area contributed by atoms with Gasteiger partial charge in [-0.3, -0.25) is 0 Å². The number of halogens is 1. The number of ether oxygens (including phenoxy) is 1. The van der Waals surface area contributed by atoms with Gasteiger partial charge in [0.05, 0.1) is 17.0 Å². The number of hydrogen-bond donors (Lipinski definition) is 1. The van der Waals surface area contributed by atoms with Crippen molar-refractivity contribution in [2.75, 3.05) is 7.11 Å². The van der Waals surface area contributed by atoms with E-state index in [2.05, 4.69) is 4.74 Å². The molecular weight excluding hydrogens is 216 g/mol. The molecule has 0 aliphatic heterocycles. The number of carbonyl (C=O) groups is 2. The zero-order valence-electron chi connectivity index (χ0n) is 6.54. The molecule has 1 aromatic heterocycles. The molecular formula is C7H5ClO4S. The molecule has 1 heterocycles. The summed E-state index contributed by atoms with van der Waals surface area (Å²) in [5.41, 5.74) is -0.123. The van der Waals surface area contributed by atoms with Crippen LogP contribution in [-0.2, 0) is 4.74 Å². The van der Waals surface area contributed by atoms with Crippen molar-refractivity contribution < 1.29 is 19.4 Å². The molecule has 0 aliphatic carbocycles. The summed E-state index contributed by atoms with van der Waals surface area (Å²) in [6.45, 7) is 0. The SMILES string of the molecule is COC(=O)c1sc(Cl)cc1C(=O)O. The van der Waals surface area contributed by atoms with Crippen molar-refractivity contribution in [3.63, 3.8) is 0 Å². The Bertz CT molecular complexity index is 357. The molecule has 0 spiro atoms. The molecule has 4 nitrogen and oxygen atoms in total. The maximum absolute atomic E-state index is 11.0. The molecule has 0 fully saturated rings. The Morgan fingerprint density at radius 1 is 1.62 bits per heavy atom. The molecule has 0 atom stereocenters. The summed E-state index contributed by atoms with van der Waals surface area (Å²) in [7, 11) is 1.18. The van der Waals surface area contributed by atoms with Crippen molar-refractivity contribution in [1.82, 2.24) is 0 Å². The lowest BCUT2D eigenvalue weighted by molar-refractivity contribution is 0.0589. The van der Waals surface area contributed by atoms with Gasteiger partial charge in [-0.1, -0.05) is 11.6 Å². The van der Waals surface area contributed by atoms with Gasteiger partial charge in [-0.05, 0) is 6.07 Å². The molecule has 13 heavy (non-hydrogen) atoms. The minimum Gasteiger partial charge on any atom is -0.478 e. The van der Waals surface area contributed by atoms with E-state index in [4.69, 9.17) is 16.7 Å². The minimum atomic E-state index is -1.19. The van der Waals surface area contributed by atoms with Gasteiger partial charge in [0.25, 0.3) is 0 Å². The van der Waals surface area contributed by atoms with Crippen LogP contribution in [0.25, 0.3) is 0 Å². The van der Waals surface area contributed by atoms with E-state index >= 15 is 0 Å². The molecule has 0 bridgehead atoms. The number of thiophene rings is 1. The number of hydrogen-bond acceptors (Lipinski definition) is 4. The number of rotatable bonds is 2. The first-order chi connectivity index (χ1) is 6.06. The Morgan fingerprint density at radius 3 is 2.69 bits per heavy atom. The Balaban J connectivity index is 3.19. The Kier molecular flexibility index (Phi) is 2.90. The van der Waals surface area contributed by atoms with Gasteiger partial charge in [0.1, 0.15) is 4.88 Å². The second-order valence-corrected chi connectivity index (χ2v) is 3.77. The number of methoxy groups -OCH3 is 1. The van der Waals surface area contributed by atoms with E-state index in [-0.39, 0.29) is 14.8 Å². The zero-order chi connectivity index (χ0) is 10.0. The Labute approximate surface area is 82.7 Å². The summed E-state index contributed by atoms with van der Waals surface area (Å²) >= 11 is 6.44. The van der Waals surface area contributed by atoms with Crippen molar-refractivity contribution in [1.29, 1.82) is 0 Å². The maximum Gasteiger partial charge on any atom is 0.348 e. The minimum absolute atomic E-state index is 0.0139. The van der Waals surface area contributed by atoms with Crippen molar-refractivity contribution in [3.05, 3.63) is 20.8 Å². The Morgan fingerprint density at radius 2 is 2.23 bits per heavy atom. The van der Waals surface area contributed by atoms with Crippen molar-refractivity contribution in [2.24, 2.45) is 0 Å². The zero-order valence-corrected chi connectivity index (χ0v) is 8.11. The van der Waals surface area contributed by atoms with Gasteiger partial charge >= 0.3 is 11.9 Å². The van der Waals surface area contributed by atoms with Gasteiger partial charge in [0.2, 0.25) is 0 Å². The summed E-state index contributed by atoms with van der Waals surface area (Å²) in [5, 5.41) is 8.66. The first-order valence-electron chi connectivity index (χ1n) is 3.17. The molecule has 6 heteroatoms. The number of carboxylic acid groups (broad SMARTS) is 1. The highest BCUT2D eigenvalue weighted by Gasteiger charge is 2.20. The van der Waals surface area contributed by atoms with Crippen LogP contribution in [0.4, 0.5) is 0 Å². The van der Waals surface area contributed by atoms with E-state index in [9.17, 15) is 9.59 Å². The van der Waals surface area contributed by atoms with Crippen LogP contribution in [0.15, 0.2) is 6.07 Å². The quantitative estimate of drug-likeness (QED) is 0.773. The highest BCUT2D eigenvalue weighted by molar-refractivity contribution is 7.18. The van der Waals surface area contributed by atoms with Gasteiger partial charge in [0, 0.05) is 0 Å². The van der Waals surface area contributed by atoms with Gasteiger partial charge in [-0.2, -0.15) is 0 Å². The predicted molar refractivity (Wildman–Crippen MR) is 47.6 cm³/mol. The summed E-state index contributed by atoms with van der Waals surface area (Å²) in [5.74, 6) is -1.88. The van der Waals surface area contributed by atoms with Crippen LogP contribution < -0.4 is 0 Å². The first kappa shape index (κ1) is 10.0. The fourth-order valence-corrected chi connectivity index (χ4v) is 1.90. The summed E-state index contributed by atoms with van der Waals surface area (Å²) in [6, 6.07) is 1.22. The third-order valence-electron chi connectivity index (χ3n) is 1.30. The molecule has 1 rings (SSSR count). The fraction of sp³-hybridized carbons (Fsp3) is 0.143. The van der Waals surface area contributed by atoms with Crippen LogP contribution in [0.2, 0.25) is 4.34 Å². The maximum atomic E-state index is 11.0. The van der Waals surface area contributed by atoms with Gasteiger partial charge in [-0.25, -0.2) is 9.59 Å². The molecule has 0 aromatic carbocycles. The summed E-state index contributed by atoms with van der Waals surface area (Å²) < 4.78 is 4.64. The second kappa shape index (κ2) is 3.76. The topological polar surface area (TPSA) is 63.6 Å². The normalized spacial score (nSPS) is 9.69. The monoisotopic (exact) mass is 220 g/mol. The predicted octanol–water partition coefficient (Wildman–Crippen LogP) is 1.89. The lowest BCUT2D eigenvalue weighted by atomic mass is 10.2. The van der Waals surface area contributed by atoms with Crippen LogP contribution >= 0.6 is 22.9 Å². The molecule has 1 N–H and O–H groups in total. The third-order valence-corrected chi connectivity index (χ3v) is 2.55. The van der Waals surface area contributed by atoms with E-state index < -0.39 is 11.9 Å². The molecule has 70 valence electrons.